The second-order valence-electron chi connectivity index (χ2n) is 2.58. The van der Waals surface area contributed by atoms with Crippen LogP contribution in [0.5, 0.6) is 0 Å². The first-order valence-corrected chi connectivity index (χ1v) is 6.25. The molecular formula is C10H12S3. The van der Waals surface area contributed by atoms with Gasteiger partial charge in [-0.1, -0.05) is 30.4 Å². The number of benzene rings is 1. The summed E-state index contributed by atoms with van der Waals surface area (Å²) in [4.78, 5) is 1.28. The fraction of sp³-hybridized carbons (Fsp3) is 0.300. The van der Waals surface area contributed by atoms with E-state index < -0.39 is 0 Å². The molecular weight excluding hydrogens is 216 g/mol. The van der Waals surface area contributed by atoms with E-state index in [1.165, 1.54) is 4.90 Å². The fourth-order valence-corrected chi connectivity index (χ4v) is 2.59. The number of rotatable bonds is 5. The Balaban J connectivity index is 2.59. The van der Waals surface area contributed by atoms with Crippen molar-refractivity contribution in [3.63, 3.8) is 0 Å². The maximum atomic E-state index is 4.93. The molecule has 0 aliphatic carbocycles. The van der Waals surface area contributed by atoms with Crippen molar-refractivity contribution in [2.75, 3.05) is 11.5 Å². The minimum absolute atomic E-state index is 0.951. The fourth-order valence-electron chi connectivity index (χ4n) is 0.956. The van der Waals surface area contributed by atoms with E-state index in [1.807, 2.05) is 23.9 Å². The maximum Gasteiger partial charge on any atom is 0.0153 e. The number of thiocarbonyl (C=S) groups is 1. The zero-order chi connectivity index (χ0) is 9.52. The molecule has 0 heterocycles. The van der Waals surface area contributed by atoms with Crippen molar-refractivity contribution in [1.29, 1.82) is 0 Å². The molecule has 1 aromatic rings. The maximum absolute atomic E-state index is 4.93. The van der Waals surface area contributed by atoms with E-state index >= 15 is 0 Å². The van der Waals surface area contributed by atoms with Crippen LogP contribution in [-0.4, -0.2) is 16.9 Å². The highest BCUT2D eigenvalue weighted by Crippen LogP contribution is 2.22. The highest BCUT2D eigenvalue weighted by atomic mass is 32.2. The molecule has 0 N–H and O–H groups in total. The van der Waals surface area contributed by atoms with Crippen molar-refractivity contribution >= 4 is 42.0 Å². The molecule has 13 heavy (non-hydrogen) atoms. The van der Waals surface area contributed by atoms with Crippen LogP contribution in [0.4, 0.5) is 0 Å². The van der Waals surface area contributed by atoms with E-state index in [0.717, 1.165) is 23.5 Å². The van der Waals surface area contributed by atoms with Crippen LogP contribution in [0.25, 0.3) is 0 Å². The quantitative estimate of drug-likeness (QED) is 0.355. The third-order valence-corrected chi connectivity index (χ3v) is 3.35. The Hall–Kier alpha value is 0.01000. The summed E-state index contributed by atoms with van der Waals surface area (Å²) in [6.07, 6.45) is 1.14. The van der Waals surface area contributed by atoms with E-state index in [-0.39, 0.29) is 0 Å². The largest absolute Gasteiger partial charge is 0.179 e. The lowest BCUT2D eigenvalue weighted by molar-refractivity contribution is 1.13. The van der Waals surface area contributed by atoms with E-state index in [1.54, 1.807) is 5.37 Å². The SMILES string of the molecule is S=Cc1ccccc1SCCCS. The third-order valence-electron chi connectivity index (χ3n) is 1.61. The second-order valence-corrected chi connectivity index (χ2v) is 4.40. The molecule has 0 atom stereocenters. The summed E-state index contributed by atoms with van der Waals surface area (Å²) in [6, 6.07) is 8.23. The molecule has 3 heteroatoms. The van der Waals surface area contributed by atoms with Gasteiger partial charge in [0.2, 0.25) is 0 Å². The van der Waals surface area contributed by atoms with Gasteiger partial charge in [0.05, 0.1) is 0 Å². The first kappa shape index (κ1) is 11.1. The Kier molecular flexibility index (Phi) is 5.51. The molecule has 70 valence electrons. The van der Waals surface area contributed by atoms with Gasteiger partial charge in [0, 0.05) is 10.3 Å². The molecule has 0 nitrogen and oxygen atoms in total. The molecule has 0 aliphatic rings. The zero-order valence-corrected chi connectivity index (χ0v) is 9.80. The molecule has 0 aromatic heterocycles. The van der Waals surface area contributed by atoms with Crippen LogP contribution < -0.4 is 0 Å². The smallest absolute Gasteiger partial charge is 0.0153 e. The predicted octanol–water partition coefficient (Wildman–Crippen LogP) is 3.45. The van der Waals surface area contributed by atoms with Crippen LogP contribution in [0.15, 0.2) is 29.2 Å². The normalized spacial score (nSPS) is 9.92. The topological polar surface area (TPSA) is 0 Å². The summed E-state index contributed by atoms with van der Waals surface area (Å²) in [5.41, 5.74) is 1.15. The monoisotopic (exact) mass is 228 g/mol. The molecule has 0 radical (unpaired) electrons. The van der Waals surface area contributed by atoms with Gasteiger partial charge in [-0.2, -0.15) is 12.6 Å². The molecule has 1 aromatic carbocycles. The van der Waals surface area contributed by atoms with Crippen molar-refractivity contribution in [2.24, 2.45) is 0 Å². The Morgan fingerprint density at radius 3 is 2.85 bits per heavy atom. The minimum atomic E-state index is 0.951. The van der Waals surface area contributed by atoms with Crippen LogP contribution in [0.3, 0.4) is 0 Å². The second kappa shape index (κ2) is 6.46. The van der Waals surface area contributed by atoms with Crippen molar-refractivity contribution in [3.05, 3.63) is 29.8 Å². The minimum Gasteiger partial charge on any atom is -0.179 e. The van der Waals surface area contributed by atoms with Crippen LogP contribution in [0, 0.1) is 0 Å². The third kappa shape index (κ3) is 3.71. The highest BCUT2D eigenvalue weighted by molar-refractivity contribution is 7.99. The van der Waals surface area contributed by atoms with E-state index in [2.05, 4.69) is 24.8 Å². The first-order valence-electron chi connectivity index (χ1n) is 4.16. The van der Waals surface area contributed by atoms with Crippen molar-refractivity contribution in [2.45, 2.75) is 11.3 Å². The Bertz CT molecular complexity index is 271. The zero-order valence-electron chi connectivity index (χ0n) is 7.27. The number of hydrogen-bond donors (Lipinski definition) is 1. The summed E-state index contributed by atoms with van der Waals surface area (Å²) >= 11 is 11.0. The summed E-state index contributed by atoms with van der Waals surface area (Å²) in [7, 11) is 0. The van der Waals surface area contributed by atoms with Gasteiger partial charge in [0.1, 0.15) is 0 Å². The number of thioether (sulfide) groups is 1. The molecule has 0 spiro atoms. The van der Waals surface area contributed by atoms with Crippen LogP contribution in [0.2, 0.25) is 0 Å². The molecule has 0 fully saturated rings. The van der Waals surface area contributed by atoms with Gasteiger partial charge >= 0.3 is 0 Å². The van der Waals surface area contributed by atoms with Crippen molar-refractivity contribution in [1.82, 2.24) is 0 Å². The number of hydrogen-bond acceptors (Lipinski definition) is 3. The summed E-state index contributed by atoms with van der Waals surface area (Å²) < 4.78 is 0. The van der Waals surface area contributed by atoms with Gasteiger partial charge in [0.15, 0.2) is 0 Å². The predicted molar refractivity (Wildman–Crippen MR) is 68.4 cm³/mol. The molecule has 0 saturated heterocycles. The lowest BCUT2D eigenvalue weighted by atomic mass is 10.2. The Morgan fingerprint density at radius 2 is 2.15 bits per heavy atom. The van der Waals surface area contributed by atoms with Crippen molar-refractivity contribution < 1.29 is 0 Å². The summed E-state index contributed by atoms with van der Waals surface area (Å²) in [5, 5.41) is 1.74. The van der Waals surface area contributed by atoms with E-state index in [4.69, 9.17) is 12.2 Å². The van der Waals surface area contributed by atoms with Crippen LogP contribution in [0.1, 0.15) is 12.0 Å². The van der Waals surface area contributed by atoms with Gasteiger partial charge in [-0.3, -0.25) is 0 Å². The molecule has 0 amide bonds. The van der Waals surface area contributed by atoms with Crippen LogP contribution in [-0.2, 0) is 0 Å². The summed E-state index contributed by atoms with van der Waals surface area (Å²) in [6.45, 7) is 0. The molecule has 0 saturated carbocycles. The molecule has 0 bridgehead atoms. The molecule has 0 aliphatic heterocycles. The Labute approximate surface area is 94.5 Å². The van der Waals surface area contributed by atoms with Gasteiger partial charge in [-0.25, -0.2) is 0 Å². The number of thiol groups is 1. The van der Waals surface area contributed by atoms with Crippen LogP contribution >= 0.6 is 36.6 Å². The average Bonchev–Trinajstić information content (AvgIpc) is 2.19. The van der Waals surface area contributed by atoms with E-state index in [0.29, 0.717) is 0 Å². The highest BCUT2D eigenvalue weighted by Gasteiger charge is 1.98. The summed E-state index contributed by atoms with van der Waals surface area (Å²) in [5.74, 6) is 2.07. The van der Waals surface area contributed by atoms with Gasteiger partial charge in [-0.05, 0) is 29.6 Å². The average molecular weight is 228 g/mol. The molecule has 1 rings (SSSR count). The standard InChI is InChI=1S/C10H12S3/c11-6-3-7-13-10-5-2-1-4-9(10)8-12/h1-2,4-5,8,11H,3,6-7H2. The Morgan fingerprint density at radius 1 is 1.38 bits per heavy atom. The van der Waals surface area contributed by atoms with Gasteiger partial charge in [0.25, 0.3) is 0 Å². The first-order chi connectivity index (χ1) is 6.38. The lowest BCUT2D eigenvalue weighted by Crippen LogP contribution is -1.86. The van der Waals surface area contributed by atoms with Gasteiger partial charge < -0.3 is 0 Å². The lowest BCUT2D eigenvalue weighted by Gasteiger charge is -2.03. The van der Waals surface area contributed by atoms with E-state index in [9.17, 15) is 0 Å². The van der Waals surface area contributed by atoms with Gasteiger partial charge in [-0.15, -0.1) is 11.8 Å². The molecule has 0 unspecified atom stereocenters. The van der Waals surface area contributed by atoms with Crippen molar-refractivity contribution in [3.8, 4) is 0 Å².